The van der Waals surface area contributed by atoms with Crippen molar-refractivity contribution >= 4 is 11.8 Å². The van der Waals surface area contributed by atoms with Gasteiger partial charge in [-0.1, -0.05) is 60.2 Å². The normalized spacial score (nSPS) is 19.4. The summed E-state index contributed by atoms with van der Waals surface area (Å²) in [6, 6.07) is 23.4. The Morgan fingerprint density at radius 1 is 0.968 bits per heavy atom. The molecule has 1 fully saturated rings. The van der Waals surface area contributed by atoms with Gasteiger partial charge >= 0.3 is 0 Å². The van der Waals surface area contributed by atoms with Crippen LogP contribution in [0.2, 0.25) is 0 Å². The highest BCUT2D eigenvalue weighted by atomic mass is 16.5. The highest BCUT2D eigenvalue weighted by Gasteiger charge is 2.59. The minimum atomic E-state index is -0.898. The van der Waals surface area contributed by atoms with E-state index in [-0.39, 0.29) is 18.2 Å². The fourth-order valence-electron chi connectivity index (χ4n) is 4.90. The fraction of sp³-hybridized carbons (Fsp3) is 0.231. The zero-order chi connectivity index (χ0) is 21.6. The Balaban J connectivity index is 1.61. The smallest absolute Gasteiger partial charge is 0.256 e. The van der Waals surface area contributed by atoms with Gasteiger partial charge in [0, 0.05) is 29.8 Å². The van der Waals surface area contributed by atoms with Crippen LogP contribution < -0.4 is 4.74 Å². The number of fused-ring (bicyclic) bond motifs is 3. The lowest BCUT2D eigenvalue weighted by Gasteiger charge is -2.40. The Bertz CT molecular complexity index is 1150. The van der Waals surface area contributed by atoms with Gasteiger partial charge in [0.25, 0.3) is 5.91 Å². The molecular weight excluding hydrogens is 388 g/mol. The first-order valence-corrected chi connectivity index (χ1v) is 10.5. The molecule has 0 saturated carbocycles. The maximum Gasteiger partial charge on any atom is 0.256 e. The molecule has 3 aromatic carbocycles. The van der Waals surface area contributed by atoms with Gasteiger partial charge in [0.15, 0.2) is 5.66 Å². The molecular formula is C26H24N2O3. The molecule has 0 aromatic heterocycles. The van der Waals surface area contributed by atoms with Gasteiger partial charge in [0.2, 0.25) is 5.91 Å². The van der Waals surface area contributed by atoms with E-state index >= 15 is 0 Å². The monoisotopic (exact) mass is 412 g/mol. The minimum absolute atomic E-state index is 0.00209. The summed E-state index contributed by atoms with van der Waals surface area (Å²) < 4.78 is 5.23. The zero-order valence-electron chi connectivity index (χ0n) is 17.7. The molecule has 5 heteroatoms. The zero-order valence-corrected chi connectivity index (χ0v) is 17.7. The lowest BCUT2D eigenvalue weighted by Crippen LogP contribution is -2.52. The first kappa shape index (κ1) is 19.4. The third-order valence-corrected chi connectivity index (χ3v) is 6.38. The van der Waals surface area contributed by atoms with Crippen molar-refractivity contribution in [3.05, 3.63) is 101 Å². The number of ether oxygens (including phenoxy) is 1. The first-order chi connectivity index (χ1) is 15.1. The second-order valence-corrected chi connectivity index (χ2v) is 8.11. The van der Waals surface area contributed by atoms with E-state index in [1.807, 2.05) is 89.5 Å². The molecule has 2 amide bonds. The Morgan fingerprint density at radius 3 is 2.39 bits per heavy atom. The van der Waals surface area contributed by atoms with Crippen LogP contribution in [0.3, 0.4) is 0 Å². The van der Waals surface area contributed by atoms with Crippen molar-refractivity contribution in [3.8, 4) is 5.75 Å². The van der Waals surface area contributed by atoms with Gasteiger partial charge < -0.3 is 14.5 Å². The van der Waals surface area contributed by atoms with Crippen LogP contribution in [-0.2, 0) is 16.9 Å². The van der Waals surface area contributed by atoms with Gasteiger partial charge in [0.05, 0.1) is 13.5 Å². The second-order valence-electron chi connectivity index (χ2n) is 8.11. The molecule has 2 aliphatic rings. The molecule has 0 spiro atoms. The molecule has 1 saturated heterocycles. The number of benzene rings is 3. The molecule has 156 valence electrons. The van der Waals surface area contributed by atoms with Crippen molar-refractivity contribution in [3.63, 3.8) is 0 Å². The Labute approximate surface area is 181 Å². The van der Waals surface area contributed by atoms with Crippen molar-refractivity contribution in [2.45, 2.75) is 19.0 Å². The summed E-state index contributed by atoms with van der Waals surface area (Å²) in [7, 11) is 1.62. The van der Waals surface area contributed by atoms with Crippen LogP contribution >= 0.6 is 0 Å². The van der Waals surface area contributed by atoms with E-state index in [1.54, 1.807) is 7.11 Å². The standard InChI is InChI=1S/C26H24N2O3/c1-18-7-11-20(12-8-18)26-23-6-4-3-5-22(23)25(30)28(26)16-15-27(26)24(29)17-19-9-13-21(31-2)14-10-19/h3-14H,15-17H2,1-2H3. The van der Waals surface area contributed by atoms with Gasteiger partial charge in [0.1, 0.15) is 5.75 Å². The predicted octanol–water partition coefficient (Wildman–Crippen LogP) is 3.75. The number of nitrogens with zero attached hydrogens (tertiary/aromatic N) is 2. The number of amides is 2. The van der Waals surface area contributed by atoms with E-state index in [4.69, 9.17) is 4.74 Å². The summed E-state index contributed by atoms with van der Waals surface area (Å²) in [4.78, 5) is 30.7. The quantitative estimate of drug-likeness (QED) is 0.656. The molecule has 1 unspecified atom stereocenters. The number of methoxy groups -OCH3 is 1. The predicted molar refractivity (Wildman–Crippen MR) is 118 cm³/mol. The lowest BCUT2D eigenvalue weighted by molar-refractivity contribution is -0.135. The highest BCUT2D eigenvalue weighted by Crippen LogP contribution is 2.49. The molecule has 5 nitrogen and oxygen atoms in total. The summed E-state index contributed by atoms with van der Waals surface area (Å²) in [5.41, 5.74) is 3.65. The Hall–Kier alpha value is -3.60. The summed E-state index contributed by atoms with van der Waals surface area (Å²) in [5.74, 6) is 0.739. The van der Waals surface area contributed by atoms with Crippen LogP contribution in [0.1, 0.15) is 32.6 Å². The number of rotatable bonds is 4. The number of hydrogen-bond donors (Lipinski definition) is 0. The van der Waals surface area contributed by atoms with E-state index in [1.165, 1.54) is 0 Å². The van der Waals surface area contributed by atoms with Crippen LogP contribution in [0.15, 0.2) is 72.8 Å². The number of carbonyl (C=O) groups excluding carboxylic acids is 2. The summed E-state index contributed by atoms with van der Waals surface area (Å²) in [6.07, 6.45) is 0.266. The largest absolute Gasteiger partial charge is 0.497 e. The highest BCUT2D eigenvalue weighted by molar-refractivity contribution is 6.02. The van der Waals surface area contributed by atoms with Gasteiger partial charge in [-0.2, -0.15) is 0 Å². The lowest BCUT2D eigenvalue weighted by atomic mass is 9.89. The summed E-state index contributed by atoms with van der Waals surface area (Å²) in [6.45, 7) is 3.05. The van der Waals surface area contributed by atoms with E-state index in [0.717, 1.165) is 28.0 Å². The van der Waals surface area contributed by atoms with Gasteiger partial charge in [-0.15, -0.1) is 0 Å². The van der Waals surface area contributed by atoms with Crippen molar-refractivity contribution in [1.29, 1.82) is 0 Å². The van der Waals surface area contributed by atoms with Crippen molar-refractivity contribution in [1.82, 2.24) is 9.80 Å². The van der Waals surface area contributed by atoms with E-state index < -0.39 is 5.66 Å². The summed E-state index contributed by atoms with van der Waals surface area (Å²) >= 11 is 0. The molecule has 2 aliphatic heterocycles. The Morgan fingerprint density at radius 2 is 1.68 bits per heavy atom. The van der Waals surface area contributed by atoms with E-state index in [9.17, 15) is 9.59 Å². The van der Waals surface area contributed by atoms with Gasteiger partial charge in [-0.05, 0) is 30.7 Å². The first-order valence-electron chi connectivity index (χ1n) is 10.5. The molecule has 0 radical (unpaired) electrons. The molecule has 0 bridgehead atoms. The fourth-order valence-corrected chi connectivity index (χ4v) is 4.90. The third-order valence-electron chi connectivity index (χ3n) is 6.38. The van der Waals surface area contributed by atoms with E-state index in [0.29, 0.717) is 18.7 Å². The van der Waals surface area contributed by atoms with Crippen LogP contribution in [-0.4, -0.2) is 41.8 Å². The Kier molecular flexibility index (Phi) is 4.54. The molecule has 2 heterocycles. The van der Waals surface area contributed by atoms with Crippen LogP contribution in [0.4, 0.5) is 0 Å². The molecule has 3 aromatic rings. The minimum Gasteiger partial charge on any atom is -0.497 e. The number of aryl methyl sites for hydroxylation is 1. The molecule has 1 atom stereocenters. The third kappa shape index (κ3) is 2.84. The van der Waals surface area contributed by atoms with Gasteiger partial charge in [-0.25, -0.2) is 0 Å². The molecule has 31 heavy (non-hydrogen) atoms. The maximum atomic E-state index is 13.6. The SMILES string of the molecule is COc1ccc(CC(=O)N2CCN3C(=O)c4ccccc4C23c2ccc(C)cc2)cc1. The van der Waals surface area contributed by atoms with Crippen LogP contribution in [0.5, 0.6) is 5.75 Å². The topological polar surface area (TPSA) is 49.9 Å². The van der Waals surface area contributed by atoms with Crippen LogP contribution in [0, 0.1) is 6.92 Å². The van der Waals surface area contributed by atoms with Gasteiger partial charge in [-0.3, -0.25) is 9.59 Å². The summed E-state index contributed by atoms with van der Waals surface area (Å²) in [5, 5.41) is 0. The van der Waals surface area contributed by atoms with Crippen molar-refractivity contribution < 1.29 is 14.3 Å². The van der Waals surface area contributed by atoms with Crippen molar-refractivity contribution in [2.24, 2.45) is 0 Å². The maximum absolute atomic E-state index is 13.6. The average Bonchev–Trinajstić information content (AvgIpc) is 3.31. The van der Waals surface area contributed by atoms with Crippen LogP contribution in [0.25, 0.3) is 0 Å². The average molecular weight is 412 g/mol. The molecule has 0 N–H and O–H groups in total. The number of hydrogen-bond acceptors (Lipinski definition) is 3. The van der Waals surface area contributed by atoms with E-state index in [2.05, 4.69) is 0 Å². The second kappa shape index (κ2) is 7.27. The molecule has 5 rings (SSSR count). The van der Waals surface area contributed by atoms with Crippen molar-refractivity contribution in [2.75, 3.05) is 20.2 Å². The molecule has 0 aliphatic carbocycles. The number of carbonyl (C=O) groups is 2.